The van der Waals surface area contributed by atoms with Crippen molar-refractivity contribution in [3.8, 4) is 5.69 Å². The van der Waals surface area contributed by atoms with Crippen molar-refractivity contribution in [1.29, 1.82) is 0 Å². The Bertz CT molecular complexity index is 905. The van der Waals surface area contributed by atoms with E-state index in [-0.39, 0.29) is 11.7 Å². The zero-order chi connectivity index (χ0) is 17.8. The molecule has 0 atom stereocenters. The van der Waals surface area contributed by atoms with Crippen LogP contribution in [0.3, 0.4) is 0 Å². The second-order valence-corrected chi connectivity index (χ2v) is 7.82. The Labute approximate surface area is 168 Å². The lowest BCUT2D eigenvalue weighted by Gasteiger charge is -2.07. The number of hydrogen-bond acceptors (Lipinski definition) is 6. The smallest absolute Gasteiger partial charge is 0.236 e. The molecule has 7 nitrogen and oxygen atoms in total. The lowest BCUT2D eigenvalue weighted by Crippen LogP contribution is -2.16. The van der Waals surface area contributed by atoms with Crippen molar-refractivity contribution in [3.05, 3.63) is 50.5 Å². The third-order valence-electron chi connectivity index (χ3n) is 2.91. The molecule has 0 saturated carbocycles. The summed E-state index contributed by atoms with van der Waals surface area (Å²) in [6, 6.07) is 8.89. The number of nitrogens with zero attached hydrogens (tertiary/aromatic N) is 5. The molecule has 11 heteroatoms. The van der Waals surface area contributed by atoms with Gasteiger partial charge < -0.3 is 5.32 Å². The molecule has 0 fully saturated rings. The number of benzene rings is 1. The molecule has 1 N–H and O–H groups in total. The summed E-state index contributed by atoms with van der Waals surface area (Å²) in [7, 11) is 0. The summed E-state index contributed by atoms with van der Waals surface area (Å²) < 4.78 is 3.04. The molecule has 0 aliphatic carbocycles. The Kier molecular flexibility index (Phi) is 6.05. The molecular weight excluding hydrogens is 496 g/mol. The van der Waals surface area contributed by atoms with Gasteiger partial charge >= 0.3 is 0 Å². The van der Waals surface area contributed by atoms with Crippen LogP contribution in [0.2, 0.25) is 5.02 Å². The van der Waals surface area contributed by atoms with Gasteiger partial charge in [0.05, 0.1) is 15.9 Å². The van der Waals surface area contributed by atoms with Gasteiger partial charge in [-0.1, -0.05) is 23.4 Å². The average molecular weight is 505 g/mol. The second kappa shape index (κ2) is 8.26. The van der Waals surface area contributed by atoms with Crippen LogP contribution in [0.4, 0.5) is 5.82 Å². The van der Waals surface area contributed by atoms with E-state index in [2.05, 4.69) is 57.7 Å². The van der Waals surface area contributed by atoms with Gasteiger partial charge in [0.1, 0.15) is 5.82 Å². The Morgan fingerprint density at radius 3 is 2.76 bits per heavy atom. The van der Waals surface area contributed by atoms with Crippen molar-refractivity contribution in [1.82, 2.24) is 25.2 Å². The van der Waals surface area contributed by atoms with Crippen LogP contribution < -0.4 is 5.32 Å². The Morgan fingerprint density at radius 1 is 1.28 bits per heavy atom. The number of nitrogens with one attached hydrogen (secondary N) is 1. The SMILES string of the molecule is O=C(CSc1nnnn1-c1ccc(Cl)cc1)Nc1ncc(Br)cc1Br. The van der Waals surface area contributed by atoms with Crippen LogP contribution in [-0.4, -0.2) is 36.9 Å². The number of tetrazole rings is 1. The van der Waals surface area contributed by atoms with Gasteiger partial charge in [-0.3, -0.25) is 4.79 Å². The fraction of sp³-hybridized carbons (Fsp3) is 0.0714. The summed E-state index contributed by atoms with van der Waals surface area (Å²) >= 11 is 13.8. The summed E-state index contributed by atoms with van der Waals surface area (Å²) in [5, 5.41) is 15.4. The van der Waals surface area contributed by atoms with Crippen molar-refractivity contribution in [2.45, 2.75) is 5.16 Å². The molecule has 0 bridgehead atoms. The van der Waals surface area contributed by atoms with Gasteiger partial charge in [-0.15, -0.1) is 5.10 Å². The lowest BCUT2D eigenvalue weighted by atomic mass is 10.3. The number of rotatable bonds is 5. The van der Waals surface area contributed by atoms with E-state index in [0.29, 0.717) is 20.5 Å². The van der Waals surface area contributed by atoms with Crippen molar-refractivity contribution in [2.24, 2.45) is 0 Å². The van der Waals surface area contributed by atoms with E-state index in [4.69, 9.17) is 11.6 Å². The zero-order valence-electron chi connectivity index (χ0n) is 12.4. The maximum atomic E-state index is 12.1. The molecule has 0 radical (unpaired) electrons. The van der Waals surface area contributed by atoms with E-state index < -0.39 is 0 Å². The number of pyridine rings is 1. The predicted octanol–water partition coefficient (Wildman–Crippen LogP) is 3.97. The molecule has 0 saturated heterocycles. The fourth-order valence-corrected chi connectivity index (χ4v) is 3.72. The summed E-state index contributed by atoms with van der Waals surface area (Å²) in [4.78, 5) is 16.3. The maximum absolute atomic E-state index is 12.1. The molecule has 3 rings (SSSR count). The van der Waals surface area contributed by atoms with Crippen LogP contribution >= 0.6 is 55.2 Å². The largest absolute Gasteiger partial charge is 0.309 e. The number of carbonyl (C=O) groups excluding carboxylic acids is 1. The summed E-state index contributed by atoms with van der Waals surface area (Å²) in [5.74, 6) is 0.371. The summed E-state index contributed by atoms with van der Waals surface area (Å²) in [6.45, 7) is 0. The highest BCUT2D eigenvalue weighted by Gasteiger charge is 2.13. The van der Waals surface area contributed by atoms with E-state index in [0.717, 1.165) is 10.2 Å². The van der Waals surface area contributed by atoms with E-state index >= 15 is 0 Å². The van der Waals surface area contributed by atoms with E-state index in [1.807, 2.05) is 0 Å². The topological polar surface area (TPSA) is 85.6 Å². The van der Waals surface area contributed by atoms with Crippen LogP contribution in [0.1, 0.15) is 0 Å². The van der Waals surface area contributed by atoms with Crippen molar-refractivity contribution in [3.63, 3.8) is 0 Å². The molecular formula is C14H9Br2ClN6OS. The zero-order valence-corrected chi connectivity index (χ0v) is 17.1. The Hall–Kier alpha value is -1.49. The quantitative estimate of drug-likeness (QED) is 0.530. The van der Waals surface area contributed by atoms with Crippen molar-refractivity contribution < 1.29 is 4.79 Å². The van der Waals surface area contributed by atoms with Gasteiger partial charge in [0.25, 0.3) is 0 Å². The summed E-state index contributed by atoms with van der Waals surface area (Å²) in [5.41, 5.74) is 0.759. The van der Waals surface area contributed by atoms with Gasteiger partial charge in [0, 0.05) is 15.7 Å². The third kappa shape index (κ3) is 4.78. The first-order valence-electron chi connectivity index (χ1n) is 6.81. The first kappa shape index (κ1) is 18.3. The molecule has 0 unspecified atom stereocenters. The number of thioether (sulfide) groups is 1. The predicted molar refractivity (Wildman–Crippen MR) is 103 cm³/mol. The fourth-order valence-electron chi connectivity index (χ4n) is 1.82. The van der Waals surface area contributed by atoms with E-state index in [1.165, 1.54) is 11.8 Å². The summed E-state index contributed by atoms with van der Waals surface area (Å²) in [6.07, 6.45) is 1.61. The van der Waals surface area contributed by atoms with Gasteiger partial charge in [0.15, 0.2) is 0 Å². The van der Waals surface area contributed by atoms with Crippen LogP contribution in [0, 0.1) is 0 Å². The first-order valence-corrected chi connectivity index (χ1v) is 9.76. The van der Waals surface area contributed by atoms with Gasteiger partial charge in [-0.25, -0.2) is 4.98 Å². The highest BCUT2D eigenvalue weighted by molar-refractivity contribution is 9.11. The van der Waals surface area contributed by atoms with Gasteiger partial charge in [-0.2, -0.15) is 4.68 Å². The molecule has 2 aromatic heterocycles. The molecule has 3 aromatic rings. The number of aromatic nitrogens is 5. The molecule has 128 valence electrons. The van der Waals surface area contributed by atoms with Gasteiger partial charge in [-0.05, 0) is 72.6 Å². The number of amides is 1. The maximum Gasteiger partial charge on any atom is 0.236 e. The van der Waals surface area contributed by atoms with Crippen LogP contribution in [0.15, 0.2) is 50.6 Å². The van der Waals surface area contributed by atoms with Crippen LogP contribution in [-0.2, 0) is 4.79 Å². The molecule has 0 spiro atoms. The monoisotopic (exact) mass is 502 g/mol. The van der Waals surface area contributed by atoms with Gasteiger partial charge in [0.2, 0.25) is 11.1 Å². The Morgan fingerprint density at radius 2 is 2.04 bits per heavy atom. The second-order valence-electron chi connectivity index (χ2n) is 4.67. The molecule has 0 aliphatic heterocycles. The lowest BCUT2D eigenvalue weighted by molar-refractivity contribution is -0.113. The Balaban J connectivity index is 1.65. The number of carbonyl (C=O) groups is 1. The van der Waals surface area contributed by atoms with Crippen LogP contribution in [0.25, 0.3) is 5.69 Å². The number of hydrogen-bond donors (Lipinski definition) is 1. The number of halogens is 3. The normalized spacial score (nSPS) is 10.7. The van der Waals surface area contributed by atoms with Crippen molar-refractivity contribution >= 4 is 66.9 Å². The van der Waals surface area contributed by atoms with E-state index in [1.54, 1.807) is 41.2 Å². The highest BCUT2D eigenvalue weighted by atomic mass is 79.9. The number of anilines is 1. The minimum absolute atomic E-state index is 0.137. The minimum Gasteiger partial charge on any atom is -0.309 e. The highest BCUT2D eigenvalue weighted by Crippen LogP contribution is 2.24. The van der Waals surface area contributed by atoms with Crippen molar-refractivity contribution in [2.75, 3.05) is 11.1 Å². The first-order chi connectivity index (χ1) is 12.0. The standard InChI is InChI=1S/C14H9Br2ClN6OS/c15-8-5-11(16)13(18-6-8)19-12(24)7-25-14-20-21-22-23(14)10-3-1-9(17)2-4-10/h1-6H,7H2,(H,18,19,24). The average Bonchev–Trinajstić information content (AvgIpc) is 3.05. The van der Waals surface area contributed by atoms with Crippen LogP contribution in [0.5, 0.6) is 0 Å². The molecule has 25 heavy (non-hydrogen) atoms. The third-order valence-corrected chi connectivity index (χ3v) is 5.12. The molecule has 0 aliphatic rings. The van der Waals surface area contributed by atoms with E-state index in [9.17, 15) is 4.79 Å². The molecule has 2 heterocycles. The minimum atomic E-state index is -0.217. The molecule has 1 aromatic carbocycles. The molecule has 1 amide bonds.